The first-order valence-corrected chi connectivity index (χ1v) is 11.0. The molecule has 3 aromatic heterocycles. The van der Waals surface area contributed by atoms with Crippen molar-refractivity contribution in [1.29, 1.82) is 0 Å². The van der Waals surface area contributed by atoms with Crippen LogP contribution in [0.25, 0.3) is 0 Å². The second-order valence-corrected chi connectivity index (χ2v) is 8.69. The molecule has 8 heteroatoms. The highest BCUT2D eigenvalue weighted by Crippen LogP contribution is 2.31. The number of furan rings is 1. The van der Waals surface area contributed by atoms with Gasteiger partial charge in [-0.3, -0.25) is 9.59 Å². The van der Waals surface area contributed by atoms with E-state index in [1.54, 1.807) is 35.6 Å². The number of likely N-dealkylation sites (tertiary alicyclic amines) is 1. The van der Waals surface area contributed by atoms with Crippen molar-refractivity contribution in [3.05, 3.63) is 57.2 Å². The normalized spacial score (nSPS) is 16.9. The highest BCUT2D eigenvalue weighted by molar-refractivity contribution is 7.18. The molecule has 1 N–H and O–H groups in total. The third-order valence-electron chi connectivity index (χ3n) is 4.79. The minimum absolute atomic E-state index is 0.0143. The Morgan fingerprint density at radius 1 is 1.36 bits per heavy atom. The summed E-state index contributed by atoms with van der Waals surface area (Å²) in [5, 5.41) is 6.65. The summed E-state index contributed by atoms with van der Waals surface area (Å²) in [5.41, 5.74) is 1.12. The fourth-order valence-electron chi connectivity index (χ4n) is 3.29. The number of aromatic nitrogens is 1. The van der Waals surface area contributed by atoms with Crippen molar-refractivity contribution in [2.75, 3.05) is 18.4 Å². The van der Waals surface area contributed by atoms with Crippen LogP contribution in [0.15, 0.2) is 40.3 Å². The zero-order valence-electron chi connectivity index (χ0n) is 15.5. The molecule has 0 saturated carbocycles. The number of amides is 2. The van der Waals surface area contributed by atoms with Crippen LogP contribution in [0.3, 0.4) is 0 Å². The lowest BCUT2D eigenvalue weighted by Gasteiger charge is -2.31. The molecular weight excluding hydrogens is 394 g/mol. The average molecular weight is 416 g/mol. The Morgan fingerprint density at radius 2 is 2.25 bits per heavy atom. The Hall–Kier alpha value is -2.45. The first kappa shape index (κ1) is 18.9. The fraction of sp³-hybridized carbons (Fsp3) is 0.350. The largest absolute Gasteiger partial charge is 0.459 e. The Balaban J connectivity index is 1.41. The molecular formula is C20H21N3O3S2. The molecule has 1 atom stereocenters. The van der Waals surface area contributed by atoms with Crippen LogP contribution in [0.2, 0.25) is 0 Å². The van der Waals surface area contributed by atoms with Crippen LogP contribution in [0.5, 0.6) is 0 Å². The SMILES string of the molecule is CCc1csc(C2CCCN(C(=O)c3ccc(NC(=O)c4ccco4)s3)C2)n1. The predicted octanol–water partition coefficient (Wildman–Crippen LogP) is 4.63. The molecule has 0 spiro atoms. The van der Waals surface area contributed by atoms with Gasteiger partial charge in [0.15, 0.2) is 5.76 Å². The molecule has 1 unspecified atom stereocenters. The van der Waals surface area contributed by atoms with Crippen molar-refractivity contribution in [3.8, 4) is 0 Å². The number of hydrogen-bond acceptors (Lipinski definition) is 6. The van der Waals surface area contributed by atoms with Gasteiger partial charge in [-0.2, -0.15) is 0 Å². The van der Waals surface area contributed by atoms with E-state index in [1.165, 1.54) is 17.6 Å². The topological polar surface area (TPSA) is 75.4 Å². The van der Waals surface area contributed by atoms with Crippen molar-refractivity contribution in [1.82, 2.24) is 9.88 Å². The van der Waals surface area contributed by atoms with Gasteiger partial charge >= 0.3 is 0 Å². The summed E-state index contributed by atoms with van der Waals surface area (Å²) in [6.07, 6.45) is 4.44. The van der Waals surface area contributed by atoms with Crippen molar-refractivity contribution >= 4 is 39.5 Å². The second kappa shape index (κ2) is 8.28. The molecule has 4 rings (SSSR count). The standard InChI is InChI=1S/C20H21N3O3S2/c1-2-14-12-27-19(21-14)13-5-3-9-23(11-13)20(25)16-7-8-17(28-16)22-18(24)15-6-4-10-26-15/h4,6-8,10,12-13H,2-3,5,9,11H2,1H3,(H,22,24). The summed E-state index contributed by atoms with van der Waals surface area (Å²) in [6, 6.07) is 6.80. The van der Waals surface area contributed by atoms with E-state index < -0.39 is 0 Å². The molecule has 0 aromatic carbocycles. The Kier molecular flexibility index (Phi) is 5.59. The Bertz CT molecular complexity index is 961. The molecule has 0 aliphatic carbocycles. The van der Waals surface area contributed by atoms with E-state index in [2.05, 4.69) is 17.6 Å². The third kappa shape index (κ3) is 4.02. The van der Waals surface area contributed by atoms with Gasteiger partial charge in [0.2, 0.25) is 0 Å². The average Bonchev–Trinajstić information content (AvgIpc) is 3.48. The van der Waals surface area contributed by atoms with Gasteiger partial charge < -0.3 is 14.6 Å². The molecule has 4 heterocycles. The molecule has 28 heavy (non-hydrogen) atoms. The number of aryl methyl sites for hydroxylation is 1. The van der Waals surface area contributed by atoms with Gasteiger partial charge in [0.25, 0.3) is 11.8 Å². The van der Waals surface area contributed by atoms with Crippen LogP contribution in [-0.4, -0.2) is 34.8 Å². The van der Waals surface area contributed by atoms with Gasteiger partial charge in [-0.05, 0) is 43.5 Å². The molecule has 1 aliphatic rings. The van der Waals surface area contributed by atoms with Crippen LogP contribution in [-0.2, 0) is 6.42 Å². The molecule has 1 fully saturated rings. The molecule has 1 aliphatic heterocycles. The first-order chi connectivity index (χ1) is 13.6. The maximum atomic E-state index is 13.0. The van der Waals surface area contributed by atoms with Gasteiger partial charge in [-0.15, -0.1) is 22.7 Å². The van der Waals surface area contributed by atoms with Crippen LogP contribution in [0.1, 0.15) is 56.6 Å². The van der Waals surface area contributed by atoms with E-state index in [9.17, 15) is 9.59 Å². The summed E-state index contributed by atoms with van der Waals surface area (Å²) < 4.78 is 5.09. The summed E-state index contributed by atoms with van der Waals surface area (Å²) in [6.45, 7) is 3.56. The Morgan fingerprint density at radius 3 is 3.00 bits per heavy atom. The molecule has 3 aromatic rings. The highest BCUT2D eigenvalue weighted by atomic mass is 32.1. The molecule has 0 bridgehead atoms. The minimum Gasteiger partial charge on any atom is -0.459 e. The first-order valence-electron chi connectivity index (χ1n) is 9.32. The lowest BCUT2D eigenvalue weighted by molar-refractivity contribution is 0.0711. The number of nitrogens with one attached hydrogen (secondary N) is 1. The number of thiazole rings is 1. The third-order valence-corrected chi connectivity index (χ3v) is 6.83. The lowest BCUT2D eigenvalue weighted by Crippen LogP contribution is -2.38. The number of thiophene rings is 1. The lowest BCUT2D eigenvalue weighted by atomic mass is 9.98. The maximum absolute atomic E-state index is 13.0. The van der Waals surface area contributed by atoms with Crippen molar-refractivity contribution in [2.24, 2.45) is 0 Å². The van der Waals surface area contributed by atoms with E-state index in [0.717, 1.165) is 36.5 Å². The fourth-order valence-corrected chi connectivity index (χ4v) is 5.19. The zero-order chi connectivity index (χ0) is 19.5. The zero-order valence-corrected chi connectivity index (χ0v) is 17.1. The minimum atomic E-state index is -0.320. The summed E-state index contributed by atoms with van der Waals surface area (Å²) >= 11 is 2.98. The molecule has 1 saturated heterocycles. The number of nitrogens with zero attached hydrogens (tertiary/aromatic N) is 2. The van der Waals surface area contributed by atoms with Crippen molar-refractivity contribution in [3.63, 3.8) is 0 Å². The van der Waals surface area contributed by atoms with E-state index in [-0.39, 0.29) is 17.6 Å². The predicted molar refractivity (Wildman–Crippen MR) is 110 cm³/mol. The van der Waals surface area contributed by atoms with E-state index >= 15 is 0 Å². The maximum Gasteiger partial charge on any atom is 0.291 e. The number of anilines is 1. The van der Waals surface area contributed by atoms with Gasteiger partial charge in [-0.1, -0.05) is 6.92 Å². The Labute approximate surface area is 171 Å². The number of piperidine rings is 1. The molecule has 146 valence electrons. The smallest absolute Gasteiger partial charge is 0.291 e. The monoisotopic (exact) mass is 415 g/mol. The molecule has 0 radical (unpaired) electrons. The summed E-state index contributed by atoms with van der Waals surface area (Å²) in [5.74, 6) is 0.246. The molecule has 2 amide bonds. The number of carbonyl (C=O) groups is 2. The van der Waals surface area contributed by atoms with Gasteiger partial charge in [0.1, 0.15) is 0 Å². The van der Waals surface area contributed by atoms with E-state index in [1.807, 2.05) is 4.90 Å². The van der Waals surface area contributed by atoms with Crippen molar-refractivity contribution < 1.29 is 14.0 Å². The number of hydrogen-bond donors (Lipinski definition) is 1. The quantitative estimate of drug-likeness (QED) is 0.659. The van der Waals surface area contributed by atoms with E-state index in [4.69, 9.17) is 9.40 Å². The van der Waals surface area contributed by atoms with Gasteiger partial charge in [0, 0.05) is 24.4 Å². The number of carbonyl (C=O) groups excluding carboxylic acids is 2. The summed E-state index contributed by atoms with van der Waals surface area (Å²) in [7, 11) is 0. The van der Waals surface area contributed by atoms with Gasteiger partial charge in [-0.25, -0.2) is 4.98 Å². The molecule has 6 nitrogen and oxygen atoms in total. The second-order valence-electron chi connectivity index (χ2n) is 6.72. The van der Waals surface area contributed by atoms with Crippen LogP contribution in [0.4, 0.5) is 5.00 Å². The number of rotatable bonds is 5. The van der Waals surface area contributed by atoms with Crippen LogP contribution >= 0.6 is 22.7 Å². The van der Waals surface area contributed by atoms with E-state index in [0.29, 0.717) is 22.3 Å². The summed E-state index contributed by atoms with van der Waals surface area (Å²) in [4.78, 5) is 32.3. The van der Waals surface area contributed by atoms with Crippen molar-refractivity contribution in [2.45, 2.75) is 32.1 Å². The van der Waals surface area contributed by atoms with Gasteiger partial charge in [0.05, 0.1) is 26.8 Å². The van der Waals surface area contributed by atoms with Crippen LogP contribution in [0, 0.1) is 0 Å². The van der Waals surface area contributed by atoms with Crippen LogP contribution < -0.4 is 5.32 Å². The highest BCUT2D eigenvalue weighted by Gasteiger charge is 2.28.